The minimum atomic E-state index is -0.349. The summed E-state index contributed by atoms with van der Waals surface area (Å²) >= 11 is 0. The van der Waals surface area contributed by atoms with E-state index in [-0.39, 0.29) is 18.3 Å². The second kappa shape index (κ2) is 7.95. The van der Waals surface area contributed by atoms with E-state index in [9.17, 15) is 9.18 Å². The fourth-order valence-electron chi connectivity index (χ4n) is 2.54. The number of rotatable bonds is 5. The van der Waals surface area contributed by atoms with Crippen LogP contribution in [0.2, 0.25) is 0 Å². The van der Waals surface area contributed by atoms with Crippen LogP contribution in [0.1, 0.15) is 16.8 Å². The minimum absolute atomic E-state index is 0.208. The summed E-state index contributed by atoms with van der Waals surface area (Å²) in [6.45, 7) is 5.37. The smallest absolute Gasteiger partial charge is 0.262 e. The number of nitrogens with one attached hydrogen (secondary N) is 1. The molecule has 27 heavy (non-hydrogen) atoms. The van der Waals surface area contributed by atoms with Crippen LogP contribution in [-0.2, 0) is 4.79 Å². The average Bonchev–Trinajstić information content (AvgIpc) is 2.62. The van der Waals surface area contributed by atoms with Crippen molar-refractivity contribution < 1.29 is 13.9 Å². The second-order valence-corrected chi connectivity index (χ2v) is 6.33. The molecule has 0 unspecified atom stereocenters. The number of carbonyl (C=O) groups is 1. The van der Waals surface area contributed by atoms with Gasteiger partial charge in [0.2, 0.25) is 5.88 Å². The van der Waals surface area contributed by atoms with Crippen LogP contribution in [0.25, 0.3) is 11.4 Å². The number of hydrogen-bond donors (Lipinski definition) is 1. The predicted molar refractivity (Wildman–Crippen MR) is 102 cm³/mol. The Morgan fingerprint density at radius 1 is 1.04 bits per heavy atom. The molecular weight excluding hydrogens is 345 g/mol. The average molecular weight is 365 g/mol. The lowest BCUT2D eigenvalue weighted by atomic mass is 10.1. The molecule has 0 atom stereocenters. The Hall–Kier alpha value is -3.28. The second-order valence-electron chi connectivity index (χ2n) is 6.33. The molecule has 0 saturated heterocycles. The first-order valence-electron chi connectivity index (χ1n) is 8.52. The topological polar surface area (TPSA) is 64.1 Å². The van der Waals surface area contributed by atoms with Crippen molar-refractivity contribution in [3.8, 4) is 17.3 Å². The Morgan fingerprint density at radius 3 is 2.48 bits per heavy atom. The highest BCUT2D eigenvalue weighted by Gasteiger charge is 2.10. The summed E-state index contributed by atoms with van der Waals surface area (Å²) in [5.74, 6) is 0.170. The summed E-state index contributed by atoms with van der Waals surface area (Å²) in [5, 5.41) is 2.70. The molecule has 0 spiro atoms. The summed E-state index contributed by atoms with van der Waals surface area (Å²) in [6, 6.07) is 13.7. The molecule has 2 aromatic carbocycles. The van der Waals surface area contributed by atoms with Gasteiger partial charge in [-0.3, -0.25) is 4.79 Å². The number of nitrogens with zero attached hydrogens (tertiary/aromatic N) is 2. The van der Waals surface area contributed by atoms with Crippen LogP contribution < -0.4 is 10.1 Å². The van der Waals surface area contributed by atoms with E-state index in [4.69, 9.17) is 4.74 Å². The van der Waals surface area contributed by atoms with Crippen molar-refractivity contribution in [2.75, 3.05) is 11.9 Å². The van der Waals surface area contributed by atoms with Crippen molar-refractivity contribution in [1.29, 1.82) is 0 Å². The van der Waals surface area contributed by atoms with Gasteiger partial charge in [0.1, 0.15) is 5.82 Å². The number of ether oxygens (including phenoxy) is 1. The van der Waals surface area contributed by atoms with Gasteiger partial charge in [0.25, 0.3) is 5.91 Å². The molecule has 0 bridgehead atoms. The Kier molecular flexibility index (Phi) is 5.45. The van der Waals surface area contributed by atoms with Gasteiger partial charge >= 0.3 is 0 Å². The zero-order valence-electron chi connectivity index (χ0n) is 15.4. The maximum atomic E-state index is 13.1. The van der Waals surface area contributed by atoms with Gasteiger partial charge in [-0.2, -0.15) is 4.98 Å². The molecule has 3 aromatic rings. The molecule has 1 amide bonds. The van der Waals surface area contributed by atoms with Gasteiger partial charge in [0.15, 0.2) is 12.4 Å². The number of halogens is 1. The van der Waals surface area contributed by atoms with Gasteiger partial charge in [0.05, 0.1) is 0 Å². The van der Waals surface area contributed by atoms with Crippen molar-refractivity contribution in [2.24, 2.45) is 0 Å². The maximum absolute atomic E-state index is 13.1. The molecule has 3 rings (SSSR count). The molecule has 1 N–H and O–H groups in total. The van der Waals surface area contributed by atoms with E-state index in [0.717, 1.165) is 16.8 Å². The van der Waals surface area contributed by atoms with Crippen molar-refractivity contribution >= 4 is 11.6 Å². The summed E-state index contributed by atoms with van der Waals surface area (Å²) in [5.41, 5.74) is 3.95. The molecule has 0 aliphatic rings. The first-order chi connectivity index (χ1) is 12.9. The van der Waals surface area contributed by atoms with Crippen molar-refractivity contribution in [1.82, 2.24) is 9.97 Å². The van der Waals surface area contributed by atoms with E-state index in [1.165, 1.54) is 18.2 Å². The Labute approximate surface area is 157 Å². The third-order valence-electron chi connectivity index (χ3n) is 3.95. The Bertz CT molecular complexity index is 972. The van der Waals surface area contributed by atoms with Gasteiger partial charge in [-0.25, -0.2) is 9.37 Å². The zero-order valence-corrected chi connectivity index (χ0v) is 15.4. The van der Waals surface area contributed by atoms with Crippen molar-refractivity contribution in [3.05, 3.63) is 71.2 Å². The number of benzene rings is 2. The zero-order chi connectivity index (χ0) is 19.4. The summed E-state index contributed by atoms with van der Waals surface area (Å²) in [4.78, 5) is 20.9. The van der Waals surface area contributed by atoms with Gasteiger partial charge < -0.3 is 10.1 Å². The lowest BCUT2D eigenvalue weighted by Gasteiger charge is -2.10. The molecule has 0 aliphatic carbocycles. The predicted octanol–water partition coefficient (Wildman–Crippen LogP) is 4.23. The third-order valence-corrected chi connectivity index (χ3v) is 3.95. The van der Waals surface area contributed by atoms with Crippen molar-refractivity contribution in [3.63, 3.8) is 0 Å². The standard InChI is InChI=1S/C21H20FN3O2/c1-13-4-6-16(7-5-13)21-23-15(3)11-20(25-21)27-12-19(26)24-18-9-8-17(22)10-14(18)2/h4-11H,12H2,1-3H3,(H,24,26). The summed E-state index contributed by atoms with van der Waals surface area (Å²) in [7, 11) is 0. The normalized spacial score (nSPS) is 10.5. The highest BCUT2D eigenvalue weighted by molar-refractivity contribution is 5.92. The molecule has 138 valence electrons. The van der Waals surface area contributed by atoms with Gasteiger partial charge in [-0.05, 0) is 44.5 Å². The van der Waals surface area contributed by atoms with Gasteiger partial charge in [-0.15, -0.1) is 0 Å². The first-order valence-corrected chi connectivity index (χ1v) is 8.52. The number of aryl methyl sites for hydroxylation is 3. The van der Waals surface area contributed by atoms with Crippen LogP contribution in [0.4, 0.5) is 10.1 Å². The maximum Gasteiger partial charge on any atom is 0.262 e. The van der Waals surface area contributed by atoms with E-state index < -0.39 is 0 Å². The van der Waals surface area contributed by atoms with Gasteiger partial charge in [-0.1, -0.05) is 29.8 Å². The van der Waals surface area contributed by atoms with Crippen LogP contribution in [-0.4, -0.2) is 22.5 Å². The monoisotopic (exact) mass is 365 g/mol. The summed E-state index contributed by atoms with van der Waals surface area (Å²) in [6.07, 6.45) is 0. The molecule has 0 fully saturated rings. The van der Waals surface area contributed by atoms with Crippen LogP contribution in [0, 0.1) is 26.6 Å². The molecule has 1 aromatic heterocycles. The van der Waals surface area contributed by atoms with Crippen molar-refractivity contribution in [2.45, 2.75) is 20.8 Å². The molecule has 6 heteroatoms. The van der Waals surface area contributed by atoms with Crippen LogP contribution in [0.3, 0.4) is 0 Å². The molecule has 0 aliphatic heterocycles. The Balaban J connectivity index is 1.68. The van der Waals surface area contributed by atoms with Crippen LogP contribution in [0.15, 0.2) is 48.5 Å². The number of anilines is 1. The third kappa shape index (κ3) is 4.88. The number of aromatic nitrogens is 2. The fraction of sp³-hybridized carbons (Fsp3) is 0.190. The number of carbonyl (C=O) groups excluding carboxylic acids is 1. The van der Waals surface area contributed by atoms with E-state index in [0.29, 0.717) is 23.0 Å². The van der Waals surface area contributed by atoms with E-state index in [1.807, 2.05) is 38.1 Å². The van der Waals surface area contributed by atoms with Crippen LogP contribution >= 0.6 is 0 Å². The minimum Gasteiger partial charge on any atom is -0.467 e. The lowest BCUT2D eigenvalue weighted by molar-refractivity contribution is -0.118. The van der Waals surface area contributed by atoms with E-state index >= 15 is 0 Å². The fourth-order valence-corrected chi connectivity index (χ4v) is 2.54. The molecule has 1 heterocycles. The molecule has 0 saturated carbocycles. The quantitative estimate of drug-likeness (QED) is 0.735. The first kappa shape index (κ1) is 18.5. The molecule has 5 nitrogen and oxygen atoms in total. The lowest BCUT2D eigenvalue weighted by Crippen LogP contribution is -2.21. The Morgan fingerprint density at radius 2 is 1.78 bits per heavy atom. The largest absolute Gasteiger partial charge is 0.467 e. The molecule has 0 radical (unpaired) electrons. The van der Waals surface area contributed by atoms with Crippen LogP contribution in [0.5, 0.6) is 5.88 Å². The van der Waals surface area contributed by atoms with Gasteiger partial charge in [0, 0.05) is 23.0 Å². The number of hydrogen-bond acceptors (Lipinski definition) is 4. The molecular formula is C21H20FN3O2. The highest BCUT2D eigenvalue weighted by atomic mass is 19.1. The highest BCUT2D eigenvalue weighted by Crippen LogP contribution is 2.20. The SMILES string of the molecule is Cc1ccc(-c2nc(C)cc(OCC(=O)Nc3ccc(F)cc3C)n2)cc1. The van der Waals surface area contributed by atoms with E-state index in [1.54, 1.807) is 13.0 Å². The summed E-state index contributed by atoms with van der Waals surface area (Å²) < 4.78 is 18.7. The number of amides is 1. The van der Waals surface area contributed by atoms with E-state index in [2.05, 4.69) is 15.3 Å².